The van der Waals surface area contributed by atoms with Crippen LogP contribution in [-0.4, -0.2) is 60.8 Å². The summed E-state index contributed by atoms with van der Waals surface area (Å²) in [5.41, 5.74) is 2.15. The third kappa shape index (κ3) is 6.11. The molecular weight excluding hydrogens is 406 g/mol. The van der Waals surface area contributed by atoms with Crippen molar-refractivity contribution in [3.63, 3.8) is 0 Å². The number of rotatable bonds is 3. The number of anilines is 1. The first-order chi connectivity index (χ1) is 12.8. The SMILES string of the molecule is CC(C)(C)OC(=O)N1CCN(c2cc(Br)cc(CN3CCCCC3)c2)CC1. The Hall–Kier alpha value is -1.27. The quantitative estimate of drug-likeness (QED) is 0.697. The Labute approximate surface area is 171 Å². The van der Waals surface area contributed by atoms with Crippen molar-refractivity contribution in [3.05, 3.63) is 28.2 Å². The summed E-state index contributed by atoms with van der Waals surface area (Å²) in [6.07, 6.45) is 3.78. The van der Waals surface area contributed by atoms with Gasteiger partial charge in [-0.15, -0.1) is 0 Å². The number of halogens is 1. The van der Waals surface area contributed by atoms with E-state index in [0.29, 0.717) is 13.1 Å². The third-order valence-corrected chi connectivity index (χ3v) is 5.55. The molecule has 5 nitrogen and oxygen atoms in total. The van der Waals surface area contributed by atoms with Crippen LogP contribution in [0.1, 0.15) is 45.6 Å². The molecule has 2 aliphatic heterocycles. The number of ether oxygens (including phenoxy) is 1. The minimum atomic E-state index is -0.443. The van der Waals surface area contributed by atoms with E-state index in [9.17, 15) is 4.79 Å². The topological polar surface area (TPSA) is 36.0 Å². The third-order valence-electron chi connectivity index (χ3n) is 5.09. The van der Waals surface area contributed by atoms with Gasteiger partial charge in [-0.3, -0.25) is 4.90 Å². The number of amides is 1. The lowest BCUT2D eigenvalue weighted by Crippen LogP contribution is -2.50. The summed E-state index contributed by atoms with van der Waals surface area (Å²) < 4.78 is 6.62. The van der Waals surface area contributed by atoms with Gasteiger partial charge in [0.05, 0.1) is 0 Å². The van der Waals surface area contributed by atoms with Crippen molar-refractivity contribution in [3.8, 4) is 0 Å². The fourth-order valence-corrected chi connectivity index (χ4v) is 4.29. The molecule has 2 aliphatic rings. The average Bonchev–Trinajstić information content (AvgIpc) is 2.61. The maximum absolute atomic E-state index is 12.3. The van der Waals surface area contributed by atoms with Crippen LogP contribution in [0.15, 0.2) is 22.7 Å². The first-order valence-corrected chi connectivity index (χ1v) is 10.8. The Morgan fingerprint density at radius 3 is 2.30 bits per heavy atom. The van der Waals surface area contributed by atoms with Crippen LogP contribution in [0.4, 0.5) is 10.5 Å². The number of nitrogens with zero attached hydrogens (tertiary/aromatic N) is 3. The number of piperazine rings is 1. The molecule has 2 saturated heterocycles. The van der Waals surface area contributed by atoms with Crippen molar-refractivity contribution in [1.29, 1.82) is 0 Å². The molecule has 1 aromatic carbocycles. The van der Waals surface area contributed by atoms with Gasteiger partial charge >= 0.3 is 6.09 Å². The van der Waals surface area contributed by atoms with Crippen LogP contribution in [-0.2, 0) is 11.3 Å². The molecule has 0 N–H and O–H groups in total. The summed E-state index contributed by atoms with van der Waals surface area (Å²) in [7, 11) is 0. The predicted octanol–water partition coefficient (Wildman–Crippen LogP) is 4.49. The van der Waals surface area contributed by atoms with E-state index in [2.05, 4.69) is 43.9 Å². The Balaban J connectivity index is 1.59. The Bertz CT molecular complexity index is 645. The molecule has 6 heteroatoms. The molecule has 0 saturated carbocycles. The Morgan fingerprint density at radius 1 is 1.00 bits per heavy atom. The number of likely N-dealkylation sites (tertiary alicyclic amines) is 1. The van der Waals surface area contributed by atoms with Crippen LogP contribution in [0.2, 0.25) is 0 Å². The van der Waals surface area contributed by atoms with Gasteiger partial charge in [0, 0.05) is 42.9 Å². The van der Waals surface area contributed by atoms with E-state index in [1.165, 1.54) is 43.6 Å². The van der Waals surface area contributed by atoms with Crippen LogP contribution in [0, 0.1) is 0 Å². The van der Waals surface area contributed by atoms with Crippen LogP contribution >= 0.6 is 15.9 Å². The van der Waals surface area contributed by atoms with Crippen molar-refractivity contribution in [2.45, 2.75) is 52.2 Å². The van der Waals surface area contributed by atoms with Gasteiger partial charge in [0.25, 0.3) is 0 Å². The fraction of sp³-hybridized carbons (Fsp3) is 0.667. The zero-order valence-corrected chi connectivity index (χ0v) is 18.4. The van der Waals surface area contributed by atoms with E-state index in [4.69, 9.17) is 4.74 Å². The Kier molecular flexibility index (Phi) is 6.69. The molecule has 0 radical (unpaired) electrons. The van der Waals surface area contributed by atoms with E-state index in [-0.39, 0.29) is 6.09 Å². The van der Waals surface area contributed by atoms with E-state index >= 15 is 0 Å². The second-order valence-corrected chi connectivity index (χ2v) is 9.52. The number of piperidine rings is 1. The van der Waals surface area contributed by atoms with Gasteiger partial charge in [0.1, 0.15) is 5.60 Å². The second kappa shape index (κ2) is 8.82. The van der Waals surface area contributed by atoms with Crippen molar-refractivity contribution in [2.24, 2.45) is 0 Å². The molecule has 150 valence electrons. The first kappa shape index (κ1) is 20.5. The summed E-state index contributed by atoms with van der Waals surface area (Å²) in [5, 5.41) is 0. The summed E-state index contributed by atoms with van der Waals surface area (Å²) in [6, 6.07) is 6.72. The smallest absolute Gasteiger partial charge is 0.410 e. The summed E-state index contributed by atoms with van der Waals surface area (Å²) in [5.74, 6) is 0. The lowest BCUT2D eigenvalue weighted by atomic mass is 10.1. The van der Waals surface area contributed by atoms with Crippen LogP contribution in [0.5, 0.6) is 0 Å². The van der Waals surface area contributed by atoms with Gasteiger partial charge in [-0.1, -0.05) is 22.4 Å². The molecule has 1 aromatic rings. The monoisotopic (exact) mass is 437 g/mol. The minimum absolute atomic E-state index is 0.206. The molecule has 27 heavy (non-hydrogen) atoms. The molecule has 0 aliphatic carbocycles. The van der Waals surface area contributed by atoms with E-state index < -0.39 is 5.60 Å². The van der Waals surface area contributed by atoms with Crippen LogP contribution in [0.3, 0.4) is 0 Å². The molecule has 1 amide bonds. The zero-order chi connectivity index (χ0) is 19.4. The van der Waals surface area contributed by atoms with Crippen LogP contribution < -0.4 is 4.90 Å². The predicted molar refractivity (Wildman–Crippen MR) is 113 cm³/mol. The zero-order valence-electron chi connectivity index (χ0n) is 16.8. The number of hydrogen-bond donors (Lipinski definition) is 0. The fourth-order valence-electron chi connectivity index (χ4n) is 3.76. The maximum Gasteiger partial charge on any atom is 0.410 e. The standard InChI is InChI=1S/C21H32BrN3O2/c1-21(2,3)27-20(26)25-11-9-24(10-12-25)19-14-17(13-18(22)15-19)16-23-7-5-4-6-8-23/h13-15H,4-12,16H2,1-3H3. The molecule has 0 unspecified atom stereocenters. The lowest BCUT2D eigenvalue weighted by Gasteiger charge is -2.37. The van der Waals surface area contributed by atoms with E-state index in [1.807, 2.05) is 25.7 Å². The van der Waals surface area contributed by atoms with Gasteiger partial charge in [-0.25, -0.2) is 4.79 Å². The molecule has 2 heterocycles. The van der Waals surface area contributed by atoms with Gasteiger partial charge in [-0.2, -0.15) is 0 Å². The van der Waals surface area contributed by atoms with Crippen molar-refractivity contribution in [1.82, 2.24) is 9.80 Å². The highest BCUT2D eigenvalue weighted by Crippen LogP contribution is 2.26. The molecule has 2 fully saturated rings. The largest absolute Gasteiger partial charge is 0.444 e. The maximum atomic E-state index is 12.3. The summed E-state index contributed by atoms with van der Waals surface area (Å²) >= 11 is 3.68. The molecule has 0 bridgehead atoms. The highest BCUT2D eigenvalue weighted by Gasteiger charge is 2.26. The van der Waals surface area contributed by atoms with Crippen LogP contribution in [0.25, 0.3) is 0 Å². The van der Waals surface area contributed by atoms with Crippen molar-refractivity contribution in [2.75, 3.05) is 44.2 Å². The van der Waals surface area contributed by atoms with E-state index in [1.54, 1.807) is 0 Å². The van der Waals surface area contributed by atoms with Gasteiger partial charge in [0.2, 0.25) is 0 Å². The van der Waals surface area contributed by atoms with E-state index in [0.717, 1.165) is 24.1 Å². The van der Waals surface area contributed by atoms with Gasteiger partial charge in [0.15, 0.2) is 0 Å². The number of benzene rings is 1. The summed E-state index contributed by atoms with van der Waals surface area (Å²) in [4.78, 5) is 19.0. The number of carbonyl (C=O) groups excluding carboxylic acids is 1. The average molecular weight is 438 g/mol. The Morgan fingerprint density at radius 2 is 1.67 bits per heavy atom. The van der Waals surface area contributed by atoms with Crippen molar-refractivity contribution >= 4 is 27.7 Å². The molecule has 0 spiro atoms. The molecular formula is C21H32BrN3O2. The first-order valence-electron chi connectivity index (χ1n) is 10.0. The number of hydrogen-bond acceptors (Lipinski definition) is 4. The minimum Gasteiger partial charge on any atom is -0.444 e. The lowest BCUT2D eigenvalue weighted by molar-refractivity contribution is 0.0240. The normalized spacial score (nSPS) is 19.3. The number of carbonyl (C=O) groups is 1. The highest BCUT2D eigenvalue weighted by molar-refractivity contribution is 9.10. The highest BCUT2D eigenvalue weighted by atomic mass is 79.9. The van der Waals surface area contributed by atoms with Crippen molar-refractivity contribution < 1.29 is 9.53 Å². The summed E-state index contributed by atoms with van der Waals surface area (Å²) in [6.45, 7) is 12.2. The molecule has 0 atom stereocenters. The molecule has 0 aromatic heterocycles. The van der Waals surface area contributed by atoms with Gasteiger partial charge < -0.3 is 14.5 Å². The molecule has 3 rings (SSSR count). The second-order valence-electron chi connectivity index (χ2n) is 8.61. The van der Waals surface area contributed by atoms with Gasteiger partial charge in [-0.05, 0) is 70.5 Å².